The van der Waals surface area contributed by atoms with E-state index in [9.17, 15) is 4.79 Å². The summed E-state index contributed by atoms with van der Waals surface area (Å²) in [7, 11) is 0. The SMILES string of the molecule is CC(NCCC(=O)N1CCOCC1)c1sccc1Br. The Morgan fingerprint density at radius 2 is 2.32 bits per heavy atom. The Morgan fingerprint density at radius 3 is 2.95 bits per heavy atom. The molecule has 2 heterocycles. The molecule has 0 saturated carbocycles. The number of nitrogens with one attached hydrogen (secondary N) is 1. The van der Waals surface area contributed by atoms with Gasteiger partial charge in [-0.15, -0.1) is 11.3 Å². The molecule has 0 aliphatic carbocycles. The molecule has 1 fully saturated rings. The number of rotatable bonds is 5. The highest BCUT2D eigenvalue weighted by Crippen LogP contribution is 2.28. The van der Waals surface area contributed by atoms with Gasteiger partial charge in [0.15, 0.2) is 0 Å². The van der Waals surface area contributed by atoms with Gasteiger partial charge >= 0.3 is 0 Å². The van der Waals surface area contributed by atoms with Crippen molar-refractivity contribution >= 4 is 33.2 Å². The summed E-state index contributed by atoms with van der Waals surface area (Å²) in [5.74, 6) is 0.216. The monoisotopic (exact) mass is 346 g/mol. The number of halogens is 1. The lowest BCUT2D eigenvalue weighted by molar-refractivity contribution is -0.135. The lowest BCUT2D eigenvalue weighted by Crippen LogP contribution is -2.41. The Bertz CT molecular complexity index is 419. The third-order valence-corrected chi connectivity index (χ3v) is 5.24. The van der Waals surface area contributed by atoms with Gasteiger partial charge in [0.1, 0.15) is 0 Å². The Labute approximate surface area is 126 Å². The Balaban J connectivity index is 1.71. The summed E-state index contributed by atoms with van der Waals surface area (Å²) in [5, 5.41) is 5.46. The lowest BCUT2D eigenvalue weighted by Gasteiger charge is -2.27. The van der Waals surface area contributed by atoms with E-state index in [2.05, 4.69) is 39.6 Å². The Hall–Kier alpha value is -0.430. The Kier molecular flexibility index (Phi) is 5.81. The van der Waals surface area contributed by atoms with Gasteiger partial charge in [0.05, 0.1) is 13.2 Å². The lowest BCUT2D eigenvalue weighted by atomic mass is 10.2. The summed E-state index contributed by atoms with van der Waals surface area (Å²) in [4.78, 5) is 15.1. The van der Waals surface area contributed by atoms with Crippen LogP contribution in [0.4, 0.5) is 0 Å². The summed E-state index contributed by atoms with van der Waals surface area (Å²) in [6, 6.07) is 2.32. The summed E-state index contributed by atoms with van der Waals surface area (Å²) in [5.41, 5.74) is 0. The van der Waals surface area contributed by atoms with Gasteiger partial charge in [0.2, 0.25) is 5.91 Å². The molecule has 1 amide bonds. The molecule has 1 aliphatic heterocycles. The van der Waals surface area contributed by atoms with Crippen molar-refractivity contribution in [3.05, 3.63) is 20.8 Å². The van der Waals surface area contributed by atoms with Crippen molar-refractivity contribution in [3.8, 4) is 0 Å². The summed E-state index contributed by atoms with van der Waals surface area (Å²) >= 11 is 5.25. The van der Waals surface area contributed by atoms with Gasteiger partial charge in [-0.1, -0.05) is 0 Å². The number of carbonyl (C=O) groups excluding carboxylic acids is 1. The van der Waals surface area contributed by atoms with Crippen molar-refractivity contribution < 1.29 is 9.53 Å². The molecular formula is C13H19BrN2O2S. The van der Waals surface area contributed by atoms with Gasteiger partial charge in [-0.05, 0) is 34.3 Å². The third-order valence-electron chi connectivity index (χ3n) is 3.19. The zero-order valence-electron chi connectivity index (χ0n) is 11.0. The fraction of sp³-hybridized carbons (Fsp3) is 0.615. The summed E-state index contributed by atoms with van der Waals surface area (Å²) in [6.45, 7) is 5.61. The van der Waals surface area contributed by atoms with E-state index in [0.29, 0.717) is 26.2 Å². The molecule has 4 nitrogen and oxygen atoms in total. The molecule has 1 aromatic rings. The minimum atomic E-state index is 0.216. The van der Waals surface area contributed by atoms with E-state index in [4.69, 9.17) is 4.74 Å². The summed E-state index contributed by atoms with van der Waals surface area (Å²) in [6.07, 6.45) is 0.549. The second-order valence-corrected chi connectivity index (χ2v) is 6.35. The van der Waals surface area contributed by atoms with E-state index in [0.717, 1.165) is 17.6 Å². The average Bonchev–Trinajstić information content (AvgIpc) is 2.86. The minimum absolute atomic E-state index is 0.216. The first-order valence-corrected chi connectivity index (χ1v) is 8.17. The van der Waals surface area contributed by atoms with Gasteiger partial charge in [-0.2, -0.15) is 0 Å². The highest BCUT2D eigenvalue weighted by molar-refractivity contribution is 9.10. The number of hydrogen-bond acceptors (Lipinski definition) is 4. The molecule has 106 valence electrons. The molecule has 0 aromatic carbocycles. The van der Waals surface area contributed by atoms with Crippen molar-refractivity contribution in [1.82, 2.24) is 10.2 Å². The standard InChI is InChI=1S/C13H19BrN2O2S/c1-10(13-11(14)3-9-19-13)15-4-2-12(17)16-5-7-18-8-6-16/h3,9-10,15H,2,4-8H2,1H3. The maximum Gasteiger partial charge on any atom is 0.224 e. The first kappa shape index (κ1) is 15.0. The normalized spacial score (nSPS) is 17.5. The quantitative estimate of drug-likeness (QED) is 0.889. The highest BCUT2D eigenvalue weighted by atomic mass is 79.9. The van der Waals surface area contributed by atoms with Crippen LogP contribution in [0.1, 0.15) is 24.3 Å². The fourth-order valence-corrected chi connectivity index (χ4v) is 3.82. The largest absolute Gasteiger partial charge is 0.378 e. The van der Waals surface area contributed by atoms with Gasteiger partial charge < -0.3 is 15.0 Å². The van der Waals surface area contributed by atoms with Gasteiger partial charge in [0, 0.05) is 41.4 Å². The maximum absolute atomic E-state index is 12.0. The predicted octanol–water partition coefficient (Wildman–Crippen LogP) is 2.41. The predicted molar refractivity (Wildman–Crippen MR) is 80.5 cm³/mol. The molecule has 2 rings (SSSR count). The molecule has 0 bridgehead atoms. The van der Waals surface area contributed by atoms with E-state index in [1.54, 1.807) is 11.3 Å². The van der Waals surface area contributed by atoms with Crippen molar-refractivity contribution in [2.45, 2.75) is 19.4 Å². The Morgan fingerprint density at radius 1 is 1.58 bits per heavy atom. The van der Waals surface area contributed by atoms with Crippen molar-refractivity contribution in [2.24, 2.45) is 0 Å². The number of morpholine rings is 1. The number of ether oxygens (including phenoxy) is 1. The second kappa shape index (κ2) is 7.38. The van der Waals surface area contributed by atoms with Gasteiger partial charge in [-0.3, -0.25) is 4.79 Å². The number of amides is 1. The maximum atomic E-state index is 12.0. The molecule has 6 heteroatoms. The number of carbonyl (C=O) groups is 1. The number of nitrogens with zero attached hydrogens (tertiary/aromatic N) is 1. The third kappa shape index (κ3) is 4.27. The first-order valence-electron chi connectivity index (χ1n) is 6.50. The van der Waals surface area contributed by atoms with E-state index in [1.165, 1.54) is 4.88 Å². The first-order chi connectivity index (χ1) is 9.18. The van der Waals surface area contributed by atoms with E-state index < -0.39 is 0 Å². The average molecular weight is 347 g/mol. The van der Waals surface area contributed by atoms with Crippen LogP contribution in [0, 0.1) is 0 Å². The zero-order valence-corrected chi connectivity index (χ0v) is 13.4. The van der Waals surface area contributed by atoms with Crippen LogP contribution in [0.25, 0.3) is 0 Å². The molecule has 1 saturated heterocycles. The molecule has 0 spiro atoms. The highest BCUT2D eigenvalue weighted by Gasteiger charge is 2.17. The molecule has 1 aliphatic rings. The molecule has 1 unspecified atom stereocenters. The van der Waals surface area contributed by atoms with Crippen LogP contribution >= 0.6 is 27.3 Å². The molecule has 1 atom stereocenters. The molecular weight excluding hydrogens is 328 g/mol. The minimum Gasteiger partial charge on any atom is -0.378 e. The van der Waals surface area contributed by atoms with Crippen LogP contribution in [-0.4, -0.2) is 43.7 Å². The summed E-state index contributed by atoms with van der Waals surface area (Å²) < 4.78 is 6.38. The second-order valence-electron chi connectivity index (χ2n) is 4.55. The molecule has 19 heavy (non-hydrogen) atoms. The van der Waals surface area contributed by atoms with Crippen LogP contribution in [-0.2, 0) is 9.53 Å². The molecule has 0 radical (unpaired) electrons. The van der Waals surface area contributed by atoms with Gasteiger partial charge in [-0.25, -0.2) is 0 Å². The number of hydrogen-bond donors (Lipinski definition) is 1. The van der Waals surface area contributed by atoms with Crippen LogP contribution < -0.4 is 5.32 Å². The smallest absolute Gasteiger partial charge is 0.224 e. The van der Waals surface area contributed by atoms with Crippen LogP contribution in [0.5, 0.6) is 0 Å². The topological polar surface area (TPSA) is 41.6 Å². The van der Waals surface area contributed by atoms with Crippen LogP contribution in [0.3, 0.4) is 0 Å². The van der Waals surface area contributed by atoms with Crippen molar-refractivity contribution in [1.29, 1.82) is 0 Å². The van der Waals surface area contributed by atoms with Crippen molar-refractivity contribution in [3.63, 3.8) is 0 Å². The van der Waals surface area contributed by atoms with E-state index >= 15 is 0 Å². The fourth-order valence-electron chi connectivity index (χ4n) is 2.07. The van der Waals surface area contributed by atoms with E-state index in [-0.39, 0.29) is 11.9 Å². The van der Waals surface area contributed by atoms with Gasteiger partial charge in [0.25, 0.3) is 0 Å². The van der Waals surface area contributed by atoms with Crippen LogP contribution in [0.2, 0.25) is 0 Å². The zero-order chi connectivity index (χ0) is 13.7. The van der Waals surface area contributed by atoms with Crippen LogP contribution in [0.15, 0.2) is 15.9 Å². The number of thiophene rings is 1. The van der Waals surface area contributed by atoms with E-state index in [1.807, 2.05) is 4.90 Å². The van der Waals surface area contributed by atoms with Crippen molar-refractivity contribution in [2.75, 3.05) is 32.8 Å². The molecule has 1 N–H and O–H groups in total. The molecule has 1 aromatic heterocycles.